The maximum absolute atomic E-state index is 12.5. The zero-order valence-electron chi connectivity index (χ0n) is 9.79. The van der Waals surface area contributed by atoms with Gasteiger partial charge in [0, 0.05) is 6.42 Å². The van der Waals surface area contributed by atoms with Crippen LogP contribution >= 0.6 is 0 Å². The molecule has 5 heteroatoms. The maximum atomic E-state index is 12.5. The Morgan fingerprint density at radius 1 is 1.22 bits per heavy atom. The Hall–Kier alpha value is -1.78. The average molecular weight is 255 g/mol. The van der Waals surface area contributed by atoms with Gasteiger partial charge in [-0.15, -0.1) is 0 Å². The van der Waals surface area contributed by atoms with E-state index in [9.17, 15) is 13.2 Å². The third-order valence-electron chi connectivity index (χ3n) is 2.55. The number of benzene rings is 1. The van der Waals surface area contributed by atoms with Crippen LogP contribution < -0.4 is 0 Å². The Morgan fingerprint density at radius 2 is 2.00 bits per heavy atom. The van der Waals surface area contributed by atoms with Crippen molar-refractivity contribution in [2.24, 2.45) is 0 Å². The van der Waals surface area contributed by atoms with E-state index in [0.29, 0.717) is 30.1 Å². The summed E-state index contributed by atoms with van der Waals surface area (Å²) in [6.45, 7) is 1.78. The van der Waals surface area contributed by atoms with Gasteiger partial charge in [0.1, 0.15) is 5.76 Å². The summed E-state index contributed by atoms with van der Waals surface area (Å²) >= 11 is 0. The molecule has 2 aromatic rings. The van der Waals surface area contributed by atoms with Gasteiger partial charge >= 0.3 is 6.18 Å². The molecule has 2 nitrogen and oxygen atoms in total. The summed E-state index contributed by atoms with van der Waals surface area (Å²) in [7, 11) is 0. The van der Waals surface area contributed by atoms with Gasteiger partial charge in [-0.1, -0.05) is 18.2 Å². The molecule has 0 unspecified atom stereocenters. The second-order valence-electron chi connectivity index (χ2n) is 4.06. The molecule has 0 saturated carbocycles. The summed E-state index contributed by atoms with van der Waals surface area (Å²) < 4.78 is 42.8. The second-order valence-corrected chi connectivity index (χ2v) is 4.06. The van der Waals surface area contributed by atoms with Gasteiger partial charge in [0.05, 0.1) is 11.8 Å². The number of rotatable bonds is 3. The van der Waals surface area contributed by atoms with Crippen molar-refractivity contribution in [2.45, 2.75) is 25.9 Å². The SMILES string of the molecule is Cc1cnc(CCc2cccc(C(F)(F)F)c2)o1. The third-order valence-corrected chi connectivity index (χ3v) is 2.55. The fraction of sp³-hybridized carbons (Fsp3) is 0.308. The number of halogens is 3. The van der Waals surface area contributed by atoms with Crippen LogP contribution in [-0.4, -0.2) is 4.98 Å². The predicted molar refractivity (Wildman–Crippen MR) is 60.1 cm³/mol. The maximum Gasteiger partial charge on any atom is 0.416 e. The Kier molecular flexibility index (Phi) is 3.41. The molecule has 0 spiro atoms. The second kappa shape index (κ2) is 4.84. The molecular formula is C13H12F3NO. The van der Waals surface area contributed by atoms with Gasteiger partial charge in [0.2, 0.25) is 0 Å². The molecule has 2 rings (SSSR count). The van der Waals surface area contributed by atoms with Crippen LogP contribution in [0.5, 0.6) is 0 Å². The van der Waals surface area contributed by atoms with Crippen LogP contribution in [0.25, 0.3) is 0 Å². The first-order valence-corrected chi connectivity index (χ1v) is 5.52. The number of nitrogens with zero attached hydrogens (tertiary/aromatic N) is 1. The van der Waals surface area contributed by atoms with Gasteiger partial charge < -0.3 is 4.42 Å². The fourth-order valence-corrected chi connectivity index (χ4v) is 1.67. The minimum atomic E-state index is -4.30. The molecule has 1 aromatic carbocycles. The molecule has 1 aromatic heterocycles. The summed E-state index contributed by atoms with van der Waals surface area (Å²) in [5, 5.41) is 0. The smallest absolute Gasteiger partial charge is 0.416 e. The molecule has 0 aliphatic carbocycles. The quantitative estimate of drug-likeness (QED) is 0.834. The molecule has 0 N–H and O–H groups in total. The lowest BCUT2D eigenvalue weighted by Crippen LogP contribution is -2.05. The summed E-state index contributed by atoms with van der Waals surface area (Å²) in [4.78, 5) is 4.01. The molecule has 18 heavy (non-hydrogen) atoms. The van der Waals surface area contributed by atoms with Crippen LogP contribution in [0.2, 0.25) is 0 Å². The Bertz CT molecular complexity index is 531. The highest BCUT2D eigenvalue weighted by atomic mass is 19.4. The predicted octanol–water partition coefficient (Wildman–Crippen LogP) is 3.79. The topological polar surface area (TPSA) is 26.0 Å². The first kappa shape index (κ1) is 12.7. The zero-order valence-corrected chi connectivity index (χ0v) is 9.79. The lowest BCUT2D eigenvalue weighted by atomic mass is 10.1. The van der Waals surface area contributed by atoms with Crippen LogP contribution in [0.15, 0.2) is 34.9 Å². The van der Waals surface area contributed by atoms with Crippen molar-refractivity contribution < 1.29 is 17.6 Å². The summed E-state index contributed by atoms with van der Waals surface area (Å²) in [5.74, 6) is 1.25. The Balaban J connectivity index is 2.06. The molecule has 96 valence electrons. The molecule has 0 radical (unpaired) electrons. The normalized spacial score (nSPS) is 11.8. The minimum absolute atomic E-state index is 0.476. The number of hydrogen-bond donors (Lipinski definition) is 0. The number of aryl methyl sites for hydroxylation is 3. The van der Waals surface area contributed by atoms with Gasteiger partial charge in [0.15, 0.2) is 5.89 Å². The number of hydrogen-bond acceptors (Lipinski definition) is 2. The highest BCUT2D eigenvalue weighted by Crippen LogP contribution is 2.29. The summed E-state index contributed by atoms with van der Waals surface area (Å²) in [6.07, 6.45) is -1.73. The van der Waals surface area contributed by atoms with Crippen molar-refractivity contribution in [1.29, 1.82) is 0 Å². The van der Waals surface area contributed by atoms with E-state index in [-0.39, 0.29) is 0 Å². The van der Waals surface area contributed by atoms with Gasteiger partial charge in [-0.2, -0.15) is 13.2 Å². The van der Waals surface area contributed by atoms with Gasteiger partial charge in [-0.05, 0) is 25.0 Å². The Morgan fingerprint density at radius 3 is 2.61 bits per heavy atom. The van der Waals surface area contributed by atoms with E-state index in [1.54, 1.807) is 19.2 Å². The van der Waals surface area contributed by atoms with Crippen LogP contribution in [0.3, 0.4) is 0 Å². The van der Waals surface area contributed by atoms with Gasteiger partial charge in [-0.3, -0.25) is 0 Å². The third kappa shape index (κ3) is 3.12. The zero-order chi connectivity index (χ0) is 13.2. The molecule has 0 atom stereocenters. The fourth-order valence-electron chi connectivity index (χ4n) is 1.67. The van der Waals surface area contributed by atoms with E-state index < -0.39 is 11.7 Å². The molecule has 0 amide bonds. The van der Waals surface area contributed by atoms with Crippen molar-refractivity contribution in [3.8, 4) is 0 Å². The monoisotopic (exact) mass is 255 g/mol. The summed E-state index contributed by atoms with van der Waals surface area (Å²) in [6, 6.07) is 5.32. The molecule has 0 bridgehead atoms. The van der Waals surface area contributed by atoms with E-state index in [2.05, 4.69) is 4.98 Å². The number of oxazole rings is 1. The average Bonchev–Trinajstić information content (AvgIpc) is 2.72. The molecule has 0 aliphatic rings. The van der Waals surface area contributed by atoms with Gasteiger partial charge in [-0.25, -0.2) is 4.98 Å². The first-order valence-electron chi connectivity index (χ1n) is 5.52. The molecular weight excluding hydrogens is 243 g/mol. The van der Waals surface area contributed by atoms with Crippen molar-refractivity contribution >= 4 is 0 Å². The van der Waals surface area contributed by atoms with Crippen LogP contribution in [0, 0.1) is 6.92 Å². The number of alkyl halides is 3. The highest BCUT2D eigenvalue weighted by Gasteiger charge is 2.30. The van der Waals surface area contributed by atoms with E-state index in [1.807, 2.05) is 0 Å². The number of aromatic nitrogens is 1. The van der Waals surface area contributed by atoms with Crippen molar-refractivity contribution in [1.82, 2.24) is 4.98 Å². The lowest BCUT2D eigenvalue weighted by Gasteiger charge is -2.08. The van der Waals surface area contributed by atoms with Crippen LogP contribution in [0.4, 0.5) is 13.2 Å². The van der Waals surface area contributed by atoms with Gasteiger partial charge in [0.25, 0.3) is 0 Å². The molecule has 0 aliphatic heterocycles. The molecule has 0 saturated heterocycles. The van der Waals surface area contributed by atoms with E-state index in [0.717, 1.165) is 12.1 Å². The van der Waals surface area contributed by atoms with Crippen molar-refractivity contribution in [3.63, 3.8) is 0 Å². The molecule has 0 fully saturated rings. The Labute approximate surface area is 102 Å². The van der Waals surface area contributed by atoms with E-state index in [1.165, 1.54) is 6.07 Å². The largest absolute Gasteiger partial charge is 0.446 e. The van der Waals surface area contributed by atoms with Crippen molar-refractivity contribution in [3.05, 3.63) is 53.2 Å². The summed E-state index contributed by atoms with van der Waals surface area (Å²) in [5.41, 5.74) is 0.00395. The van der Waals surface area contributed by atoms with Crippen molar-refractivity contribution in [2.75, 3.05) is 0 Å². The van der Waals surface area contributed by atoms with Crippen LogP contribution in [0.1, 0.15) is 22.8 Å². The van der Waals surface area contributed by atoms with Crippen LogP contribution in [-0.2, 0) is 19.0 Å². The standard InChI is InChI=1S/C13H12F3NO/c1-9-8-17-12(18-9)6-5-10-3-2-4-11(7-10)13(14,15)16/h2-4,7-8H,5-6H2,1H3. The molecule has 1 heterocycles. The van der Waals surface area contributed by atoms with E-state index >= 15 is 0 Å². The van der Waals surface area contributed by atoms with E-state index in [4.69, 9.17) is 4.42 Å². The first-order chi connectivity index (χ1) is 8.45. The lowest BCUT2D eigenvalue weighted by molar-refractivity contribution is -0.137. The highest BCUT2D eigenvalue weighted by molar-refractivity contribution is 5.26. The minimum Gasteiger partial charge on any atom is -0.446 e.